The van der Waals surface area contributed by atoms with Crippen LogP contribution in [-0.2, 0) is 4.79 Å². The first-order valence-corrected chi connectivity index (χ1v) is 3.67. The smallest absolute Gasteiger partial charge is 0.328 e. The maximum absolute atomic E-state index is 10.3. The van der Waals surface area contributed by atoms with Crippen molar-refractivity contribution in [3.05, 3.63) is 42.0 Å². The van der Waals surface area contributed by atoms with Crippen molar-refractivity contribution < 1.29 is 9.90 Å². The van der Waals surface area contributed by atoms with E-state index in [4.69, 9.17) is 5.11 Å². The Hall–Kier alpha value is -1.57. The number of hydrogen-bond acceptors (Lipinski definition) is 1. The SMILES string of the molecule is C/C(=C\C(=O)O)c1ccccc1. The number of carboxylic acid groups (broad SMARTS) is 1. The summed E-state index contributed by atoms with van der Waals surface area (Å²) in [7, 11) is 0. The molecule has 0 heterocycles. The van der Waals surface area contributed by atoms with Gasteiger partial charge in [-0.3, -0.25) is 0 Å². The van der Waals surface area contributed by atoms with Gasteiger partial charge in [-0.2, -0.15) is 0 Å². The van der Waals surface area contributed by atoms with Gasteiger partial charge in [-0.15, -0.1) is 0 Å². The molecule has 1 N–H and O–H groups in total. The zero-order valence-corrected chi connectivity index (χ0v) is 6.82. The summed E-state index contributed by atoms with van der Waals surface area (Å²) in [6, 6.07) is 9.43. The van der Waals surface area contributed by atoms with Crippen LogP contribution in [0.25, 0.3) is 5.57 Å². The molecule has 0 fully saturated rings. The second-order valence-electron chi connectivity index (χ2n) is 2.53. The largest absolute Gasteiger partial charge is 0.478 e. The molecule has 0 saturated heterocycles. The van der Waals surface area contributed by atoms with E-state index in [1.54, 1.807) is 6.92 Å². The molecule has 0 spiro atoms. The summed E-state index contributed by atoms with van der Waals surface area (Å²) >= 11 is 0. The lowest BCUT2D eigenvalue weighted by Crippen LogP contribution is -1.89. The molecular formula is C10H10O2. The first-order valence-electron chi connectivity index (χ1n) is 3.67. The average Bonchev–Trinajstić information content (AvgIpc) is 2.05. The molecule has 0 amide bonds. The van der Waals surface area contributed by atoms with E-state index in [9.17, 15) is 4.79 Å². The van der Waals surface area contributed by atoms with Gasteiger partial charge in [0.1, 0.15) is 0 Å². The van der Waals surface area contributed by atoms with Crippen molar-refractivity contribution in [2.45, 2.75) is 6.92 Å². The fourth-order valence-corrected chi connectivity index (χ4v) is 0.970. The van der Waals surface area contributed by atoms with Gasteiger partial charge in [-0.25, -0.2) is 4.79 Å². The molecule has 2 nitrogen and oxygen atoms in total. The van der Waals surface area contributed by atoms with Gasteiger partial charge < -0.3 is 5.11 Å². The summed E-state index contributed by atoms with van der Waals surface area (Å²) in [6.07, 6.45) is 1.20. The van der Waals surface area contributed by atoms with Crippen molar-refractivity contribution in [3.63, 3.8) is 0 Å². The Morgan fingerprint density at radius 1 is 1.33 bits per heavy atom. The highest BCUT2D eigenvalue weighted by atomic mass is 16.4. The molecule has 0 bridgehead atoms. The normalized spacial score (nSPS) is 11.2. The molecule has 0 unspecified atom stereocenters. The maximum atomic E-state index is 10.3. The minimum absolute atomic E-state index is 0.767. The molecule has 0 aliphatic heterocycles. The van der Waals surface area contributed by atoms with E-state index in [0.717, 1.165) is 11.1 Å². The van der Waals surface area contributed by atoms with Gasteiger partial charge in [0.05, 0.1) is 0 Å². The Labute approximate surface area is 71.2 Å². The molecule has 62 valence electrons. The minimum atomic E-state index is -0.906. The highest BCUT2D eigenvalue weighted by molar-refractivity contribution is 5.89. The third-order valence-corrected chi connectivity index (χ3v) is 1.57. The van der Waals surface area contributed by atoms with Crippen LogP contribution < -0.4 is 0 Å². The summed E-state index contributed by atoms with van der Waals surface area (Å²) < 4.78 is 0. The number of rotatable bonds is 2. The molecule has 0 aromatic heterocycles. The van der Waals surface area contributed by atoms with Crippen molar-refractivity contribution in [2.24, 2.45) is 0 Å². The van der Waals surface area contributed by atoms with E-state index in [1.165, 1.54) is 6.08 Å². The molecule has 12 heavy (non-hydrogen) atoms. The van der Waals surface area contributed by atoms with Gasteiger partial charge in [-0.1, -0.05) is 30.3 Å². The monoisotopic (exact) mass is 162 g/mol. The molecule has 2 heteroatoms. The van der Waals surface area contributed by atoms with Crippen LogP contribution in [0.15, 0.2) is 36.4 Å². The van der Waals surface area contributed by atoms with Crippen molar-refractivity contribution in [1.82, 2.24) is 0 Å². The average molecular weight is 162 g/mol. The second-order valence-corrected chi connectivity index (χ2v) is 2.53. The van der Waals surface area contributed by atoms with Gasteiger partial charge in [0.25, 0.3) is 0 Å². The van der Waals surface area contributed by atoms with Crippen molar-refractivity contribution in [2.75, 3.05) is 0 Å². The number of hydrogen-bond donors (Lipinski definition) is 1. The molecule has 0 radical (unpaired) electrons. The van der Waals surface area contributed by atoms with Gasteiger partial charge >= 0.3 is 5.97 Å². The van der Waals surface area contributed by atoms with Crippen LogP contribution in [0, 0.1) is 0 Å². The molecule has 0 atom stereocenters. The zero-order chi connectivity index (χ0) is 8.97. The number of allylic oxidation sites excluding steroid dienone is 1. The molecule has 0 saturated carbocycles. The molecule has 1 rings (SSSR count). The third-order valence-electron chi connectivity index (χ3n) is 1.57. The highest BCUT2D eigenvalue weighted by Gasteiger charge is 1.95. The molecular weight excluding hydrogens is 152 g/mol. The van der Waals surface area contributed by atoms with E-state index in [0.29, 0.717) is 0 Å². The van der Waals surface area contributed by atoms with Crippen LogP contribution in [-0.4, -0.2) is 11.1 Å². The summed E-state index contributed by atoms with van der Waals surface area (Å²) in [5.74, 6) is -0.906. The standard InChI is InChI=1S/C10H10O2/c1-8(7-10(11)12)9-5-3-2-4-6-9/h2-7H,1H3,(H,11,12)/b8-7+. The fraction of sp³-hybridized carbons (Fsp3) is 0.100. The van der Waals surface area contributed by atoms with E-state index in [-0.39, 0.29) is 0 Å². The van der Waals surface area contributed by atoms with Crippen LogP contribution in [0.3, 0.4) is 0 Å². The number of carbonyl (C=O) groups is 1. The van der Waals surface area contributed by atoms with Gasteiger partial charge in [0.15, 0.2) is 0 Å². The molecule has 1 aromatic rings. The summed E-state index contributed by atoms with van der Waals surface area (Å²) in [5, 5.41) is 8.47. The number of aliphatic carboxylic acids is 1. The van der Waals surface area contributed by atoms with Crippen LogP contribution >= 0.6 is 0 Å². The fourth-order valence-electron chi connectivity index (χ4n) is 0.970. The Morgan fingerprint density at radius 3 is 2.42 bits per heavy atom. The van der Waals surface area contributed by atoms with Crippen LogP contribution in [0.4, 0.5) is 0 Å². The Kier molecular flexibility index (Phi) is 2.64. The highest BCUT2D eigenvalue weighted by Crippen LogP contribution is 2.11. The van der Waals surface area contributed by atoms with E-state index in [2.05, 4.69) is 0 Å². The minimum Gasteiger partial charge on any atom is -0.478 e. The van der Waals surface area contributed by atoms with Gasteiger partial charge in [0, 0.05) is 6.08 Å². The third kappa shape index (κ3) is 2.23. The Bertz CT molecular complexity index is 299. The molecule has 1 aromatic carbocycles. The van der Waals surface area contributed by atoms with Crippen LogP contribution in [0.5, 0.6) is 0 Å². The van der Waals surface area contributed by atoms with Crippen molar-refractivity contribution in [1.29, 1.82) is 0 Å². The van der Waals surface area contributed by atoms with Crippen LogP contribution in [0.1, 0.15) is 12.5 Å². The number of benzene rings is 1. The Morgan fingerprint density at radius 2 is 1.92 bits per heavy atom. The lowest BCUT2D eigenvalue weighted by Gasteiger charge is -1.97. The van der Waals surface area contributed by atoms with E-state index >= 15 is 0 Å². The van der Waals surface area contributed by atoms with Gasteiger partial charge in [-0.05, 0) is 18.1 Å². The quantitative estimate of drug-likeness (QED) is 0.676. The summed E-state index contributed by atoms with van der Waals surface area (Å²) in [5.41, 5.74) is 1.71. The summed E-state index contributed by atoms with van der Waals surface area (Å²) in [6.45, 7) is 1.78. The predicted octanol–water partition coefficient (Wildman–Crippen LogP) is 2.17. The lowest BCUT2D eigenvalue weighted by atomic mass is 10.1. The molecule has 0 aliphatic rings. The van der Waals surface area contributed by atoms with E-state index < -0.39 is 5.97 Å². The zero-order valence-electron chi connectivity index (χ0n) is 6.82. The first kappa shape index (κ1) is 8.53. The number of carboxylic acids is 1. The van der Waals surface area contributed by atoms with E-state index in [1.807, 2.05) is 30.3 Å². The molecule has 0 aliphatic carbocycles. The maximum Gasteiger partial charge on any atom is 0.328 e. The van der Waals surface area contributed by atoms with Crippen molar-refractivity contribution >= 4 is 11.5 Å². The van der Waals surface area contributed by atoms with Gasteiger partial charge in [0.2, 0.25) is 0 Å². The summed E-state index contributed by atoms with van der Waals surface area (Å²) in [4.78, 5) is 10.3. The van der Waals surface area contributed by atoms with Crippen LogP contribution in [0.2, 0.25) is 0 Å². The van der Waals surface area contributed by atoms with Crippen molar-refractivity contribution in [3.8, 4) is 0 Å². The first-order chi connectivity index (χ1) is 5.70. The Balaban J connectivity index is 2.93. The lowest BCUT2D eigenvalue weighted by molar-refractivity contribution is -0.131. The predicted molar refractivity (Wildman–Crippen MR) is 47.7 cm³/mol. The topological polar surface area (TPSA) is 37.3 Å². The second kappa shape index (κ2) is 3.72.